The van der Waals surface area contributed by atoms with Gasteiger partial charge in [0.05, 0.1) is 18.5 Å². The summed E-state index contributed by atoms with van der Waals surface area (Å²) in [6.07, 6.45) is 8.38. The Labute approximate surface area is 195 Å². The molecule has 0 N–H and O–H groups in total. The van der Waals surface area contributed by atoms with E-state index in [9.17, 15) is 0 Å². The first kappa shape index (κ1) is 20.7. The third-order valence-corrected chi connectivity index (χ3v) is 6.09. The summed E-state index contributed by atoms with van der Waals surface area (Å²) in [7, 11) is 1.68. The van der Waals surface area contributed by atoms with Crippen LogP contribution in [-0.2, 0) is 19.5 Å². The summed E-state index contributed by atoms with van der Waals surface area (Å²) in [6.45, 7) is 2.63. The number of fused-ring (bicyclic) bond motifs is 1. The van der Waals surface area contributed by atoms with Gasteiger partial charge in [0.1, 0.15) is 5.75 Å². The molecule has 32 heavy (non-hydrogen) atoms. The molecule has 4 heterocycles. The number of pyridine rings is 2. The molecule has 1 aliphatic heterocycles. The predicted molar refractivity (Wildman–Crippen MR) is 127 cm³/mol. The first-order valence-corrected chi connectivity index (χ1v) is 11.3. The zero-order chi connectivity index (χ0) is 21.9. The maximum Gasteiger partial charge on any atom is 0.160 e. The van der Waals surface area contributed by atoms with Crippen molar-refractivity contribution < 1.29 is 4.74 Å². The SMILES string of the molecule is COc1ccc(Br)cc1-c1ccc(CN2CCc3nc(-c4cccnc4)ncc3C2)cn1. The molecule has 0 radical (unpaired) electrons. The van der Waals surface area contributed by atoms with Crippen molar-refractivity contribution in [2.45, 2.75) is 19.5 Å². The molecule has 0 fully saturated rings. The molecule has 0 bridgehead atoms. The summed E-state index contributed by atoms with van der Waals surface area (Å²) in [5.41, 5.74) is 6.32. The lowest BCUT2D eigenvalue weighted by Crippen LogP contribution is -2.31. The van der Waals surface area contributed by atoms with Gasteiger partial charge in [-0.2, -0.15) is 0 Å². The van der Waals surface area contributed by atoms with E-state index in [0.29, 0.717) is 0 Å². The van der Waals surface area contributed by atoms with Gasteiger partial charge in [-0.15, -0.1) is 0 Å². The van der Waals surface area contributed by atoms with Crippen LogP contribution < -0.4 is 4.74 Å². The van der Waals surface area contributed by atoms with E-state index < -0.39 is 0 Å². The Bertz CT molecular complexity index is 1230. The minimum Gasteiger partial charge on any atom is -0.496 e. The highest BCUT2D eigenvalue weighted by Crippen LogP contribution is 2.31. The summed E-state index contributed by atoms with van der Waals surface area (Å²) in [5.74, 6) is 1.56. The number of ether oxygens (including phenoxy) is 1. The zero-order valence-electron chi connectivity index (χ0n) is 17.7. The van der Waals surface area contributed by atoms with Gasteiger partial charge < -0.3 is 4.74 Å². The molecule has 3 aromatic heterocycles. The lowest BCUT2D eigenvalue weighted by atomic mass is 10.1. The van der Waals surface area contributed by atoms with Gasteiger partial charge in [-0.05, 0) is 42.0 Å². The fourth-order valence-electron chi connectivity index (χ4n) is 3.96. The van der Waals surface area contributed by atoms with Gasteiger partial charge >= 0.3 is 0 Å². The van der Waals surface area contributed by atoms with Crippen LogP contribution in [0.15, 0.2) is 71.7 Å². The van der Waals surface area contributed by atoms with E-state index in [1.165, 1.54) is 11.1 Å². The summed E-state index contributed by atoms with van der Waals surface area (Å²) < 4.78 is 6.49. The molecule has 5 rings (SSSR count). The van der Waals surface area contributed by atoms with Crippen molar-refractivity contribution in [1.82, 2.24) is 24.8 Å². The summed E-state index contributed by atoms with van der Waals surface area (Å²) in [4.78, 5) is 20.6. The fourth-order valence-corrected chi connectivity index (χ4v) is 4.32. The van der Waals surface area contributed by atoms with Crippen molar-refractivity contribution >= 4 is 15.9 Å². The normalized spacial score (nSPS) is 13.6. The van der Waals surface area contributed by atoms with Gasteiger partial charge in [-0.25, -0.2) is 9.97 Å². The van der Waals surface area contributed by atoms with Crippen LogP contribution in [-0.4, -0.2) is 38.5 Å². The Hall–Kier alpha value is -3.16. The van der Waals surface area contributed by atoms with Gasteiger partial charge in [-0.1, -0.05) is 22.0 Å². The predicted octanol–water partition coefficient (Wildman–Crippen LogP) is 4.93. The quantitative estimate of drug-likeness (QED) is 0.397. The minimum absolute atomic E-state index is 0.744. The van der Waals surface area contributed by atoms with Crippen molar-refractivity contribution in [2.24, 2.45) is 0 Å². The van der Waals surface area contributed by atoms with E-state index in [4.69, 9.17) is 14.7 Å². The van der Waals surface area contributed by atoms with Gasteiger partial charge in [-0.3, -0.25) is 14.9 Å². The van der Waals surface area contributed by atoms with Crippen molar-refractivity contribution in [2.75, 3.05) is 13.7 Å². The fraction of sp³-hybridized carbons (Fsp3) is 0.200. The maximum atomic E-state index is 5.49. The molecule has 0 unspecified atom stereocenters. The second kappa shape index (κ2) is 9.14. The van der Waals surface area contributed by atoms with E-state index in [2.05, 4.69) is 42.9 Å². The minimum atomic E-state index is 0.744. The first-order valence-electron chi connectivity index (χ1n) is 10.5. The van der Waals surface area contributed by atoms with E-state index in [1.54, 1.807) is 19.5 Å². The topological polar surface area (TPSA) is 64.0 Å². The second-order valence-corrected chi connectivity index (χ2v) is 8.68. The number of methoxy groups -OCH3 is 1. The third-order valence-electron chi connectivity index (χ3n) is 5.60. The smallest absolute Gasteiger partial charge is 0.160 e. The first-order chi connectivity index (χ1) is 15.7. The summed E-state index contributed by atoms with van der Waals surface area (Å²) >= 11 is 3.53. The third kappa shape index (κ3) is 4.40. The molecule has 0 saturated heterocycles. The van der Waals surface area contributed by atoms with E-state index in [0.717, 1.165) is 64.6 Å². The number of aromatic nitrogens is 4. The second-order valence-electron chi connectivity index (χ2n) is 7.76. The molecular formula is C25H22BrN5O. The zero-order valence-corrected chi connectivity index (χ0v) is 19.3. The van der Waals surface area contributed by atoms with Crippen LogP contribution in [0, 0.1) is 0 Å². The van der Waals surface area contributed by atoms with Gasteiger partial charge in [0.15, 0.2) is 5.82 Å². The van der Waals surface area contributed by atoms with Crippen LogP contribution in [0.3, 0.4) is 0 Å². The van der Waals surface area contributed by atoms with Crippen LogP contribution >= 0.6 is 15.9 Å². The molecule has 1 aromatic carbocycles. The number of halogens is 1. The molecule has 4 aromatic rings. The Balaban J connectivity index is 1.29. The molecule has 6 nitrogen and oxygen atoms in total. The highest BCUT2D eigenvalue weighted by atomic mass is 79.9. The number of nitrogens with zero attached hydrogens (tertiary/aromatic N) is 5. The Morgan fingerprint density at radius 1 is 1.06 bits per heavy atom. The van der Waals surface area contributed by atoms with Crippen molar-refractivity contribution in [1.29, 1.82) is 0 Å². The molecule has 0 amide bonds. The van der Waals surface area contributed by atoms with Crippen LogP contribution in [0.2, 0.25) is 0 Å². The monoisotopic (exact) mass is 487 g/mol. The largest absolute Gasteiger partial charge is 0.496 e. The Morgan fingerprint density at radius 3 is 2.78 bits per heavy atom. The summed E-state index contributed by atoms with van der Waals surface area (Å²) in [5, 5.41) is 0. The lowest BCUT2D eigenvalue weighted by Gasteiger charge is -2.28. The van der Waals surface area contributed by atoms with Crippen LogP contribution in [0.4, 0.5) is 0 Å². The Kier molecular flexibility index (Phi) is 5.92. The summed E-state index contributed by atoms with van der Waals surface area (Å²) in [6, 6.07) is 14.0. The molecule has 0 aliphatic carbocycles. The van der Waals surface area contributed by atoms with Crippen molar-refractivity contribution in [3.05, 3.63) is 88.5 Å². The van der Waals surface area contributed by atoms with Crippen LogP contribution in [0.25, 0.3) is 22.6 Å². The average Bonchev–Trinajstić information content (AvgIpc) is 2.85. The maximum absolute atomic E-state index is 5.49. The number of rotatable bonds is 5. The number of hydrogen-bond acceptors (Lipinski definition) is 6. The van der Waals surface area contributed by atoms with E-state index in [1.807, 2.05) is 42.7 Å². The molecule has 0 atom stereocenters. The van der Waals surface area contributed by atoms with Crippen molar-refractivity contribution in [3.8, 4) is 28.4 Å². The standard InChI is InChI=1S/C25H22BrN5O/c1-32-24-7-5-20(26)11-21(24)23-6-4-17(12-28-23)15-31-10-8-22-19(16-31)14-29-25(30-22)18-3-2-9-27-13-18/h2-7,9,11-14H,8,10,15-16H2,1H3. The number of benzene rings is 1. The van der Waals surface area contributed by atoms with Gasteiger partial charge in [0, 0.05) is 72.0 Å². The van der Waals surface area contributed by atoms with Crippen molar-refractivity contribution in [3.63, 3.8) is 0 Å². The van der Waals surface area contributed by atoms with E-state index in [-0.39, 0.29) is 0 Å². The highest BCUT2D eigenvalue weighted by Gasteiger charge is 2.19. The van der Waals surface area contributed by atoms with E-state index >= 15 is 0 Å². The molecule has 1 aliphatic rings. The Morgan fingerprint density at radius 2 is 2.00 bits per heavy atom. The molecule has 7 heteroatoms. The average molecular weight is 488 g/mol. The molecule has 0 saturated carbocycles. The van der Waals surface area contributed by atoms with Gasteiger partial charge in [0.2, 0.25) is 0 Å². The number of hydrogen-bond donors (Lipinski definition) is 0. The molecule has 0 spiro atoms. The lowest BCUT2D eigenvalue weighted by molar-refractivity contribution is 0.242. The van der Waals surface area contributed by atoms with Crippen LogP contribution in [0.1, 0.15) is 16.8 Å². The molecular weight excluding hydrogens is 466 g/mol. The molecule has 160 valence electrons. The highest BCUT2D eigenvalue weighted by molar-refractivity contribution is 9.10. The van der Waals surface area contributed by atoms with Gasteiger partial charge in [0.25, 0.3) is 0 Å². The van der Waals surface area contributed by atoms with Crippen LogP contribution in [0.5, 0.6) is 5.75 Å².